The minimum atomic E-state index is -4.75. The summed E-state index contributed by atoms with van der Waals surface area (Å²) in [7, 11) is 0. The predicted octanol–water partition coefficient (Wildman–Crippen LogP) is 2.92. The molecule has 3 rings (SSSR count). The smallest absolute Gasteiger partial charge is 0.364 e. The summed E-state index contributed by atoms with van der Waals surface area (Å²) in [6.07, 6.45) is -4.43. The van der Waals surface area contributed by atoms with Gasteiger partial charge in [-0.1, -0.05) is 0 Å². The predicted molar refractivity (Wildman–Crippen MR) is 65.4 cm³/mol. The maximum atomic E-state index is 13.2. The van der Waals surface area contributed by atoms with Crippen molar-refractivity contribution in [3.8, 4) is 0 Å². The van der Waals surface area contributed by atoms with E-state index in [4.69, 9.17) is 5.73 Å². The van der Waals surface area contributed by atoms with E-state index in [1.54, 1.807) is 0 Å². The van der Waals surface area contributed by atoms with E-state index in [0.29, 0.717) is 12.8 Å². The lowest BCUT2D eigenvalue weighted by atomic mass is 9.81. The number of carbonyl (C=O) groups is 1. The van der Waals surface area contributed by atoms with Crippen LogP contribution in [0.1, 0.15) is 53.3 Å². The summed E-state index contributed by atoms with van der Waals surface area (Å²) in [5, 5.41) is 3.88. The van der Waals surface area contributed by atoms with Crippen molar-refractivity contribution < 1.29 is 26.7 Å². The van der Waals surface area contributed by atoms with Crippen molar-refractivity contribution in [1.82, 2.24) is 9.78 Å². The van der Waals surface area contributed by atoms with Gasteiger partial charge in [-0.25, -0.2) is 8.78 Å². The molecule has 0 aromatic carbocycles. The molecule has 2 N–H and O–H groups in total. The van der Waals surface area contributed by atoms with Gasteiger partial charge in [0.05, 0.1) is 5.69 Å². The molecule has 0 atom stereocenters. The second-order valence-electron chi connectivity index (χ2n) is 6.06. The minimum absolute atomic E-state index is 0.149. The number of amides is 1. The highest BCUT2D eigenvalue weighted by molar-refractivity contribution is 5.93. The highest BCUT2D eigenvalue weighted by Crippen LogP contribution is 2.47. The summed E-state index contributed by atoms with van der Waals surface area (Å²) >= 11 is 0. The third-order valence-electron chi connectivity index (χ3n) is 4.07. The summed E-state index contributed by atoms with van der Waals surface area (Å²) in [5.74, 6) is -4.85. The monoisotopic (exact) mass is 323 g/mol. The van der Waals surface area contributed by atoms with E-state index in [1.807, 2.05) is 0 Å². The second kappa shape index (κ2) is 4.66. The number of alkyl halides is 5. The number of nitrogens with two attached hydrogens (primary N) is 1. The van der Waals surface area contributed by atoms with Gasteiger partial charge < -0.3 is 5.73 Å². The standard InChI is InChI=1S/C13H14F5N3O/c14-12(15)3-6(4-12)5-21-10(11(19)22)8(13(16,17)18)9(20-21)7-1-2-7/h6-7H,1-5H2,(H2,19,22). The van der Waals surface area contributed by atoms with Crippen LogP contribution < -0.4 is 5.73 Å². The van der Waals surface area contributed by atoms with E-state index in [-0.39, 0.29) is 18.2 Å². The van der Waals surface area contributed by atoms with Crippen LogP contribution in [0.3, 0.4) is 0 Å². The lowest BCUT2D eigenvalue weighted by Crippen LogP contribution is -2.38. The van der Waals surface area contributed by atoms with Gasteiger partial charge in [0.1, 0.15) is 11.3 Å². The molecule has 22 heavy (non-hydrogen) atoms. The van der Waals surface area contributed by atoms with Crippen LogP contribution >= 0.6 is 0 Å². The van der Waals surface area contributed by atoms with Crippen LogP contribution in [-0.4, -0.2) is 21.6 Å². The van der Waals surface area contributed by atoms with Gasteiger partial charge in [-0.3, -0.25) is 9.48 Å². The van der Waals surface area contributed by atoms with Gasteiger partial charge in [-0.2, -0.15) is 18.3 Å². The fourth-order valence-electron chi connectivity index (χ4n) is 2.94. The van der Waals surface area contributed by atoms with Crippen molar-refractivity contribution in [2.24, 2.45) is 11.7 Å². The average Bonchev–Trinajstić information content (AvgIpc) is 3.07. The summed E-state index contributed by atoms with van der Waals surface area (Å²) in [6, 6.07) is 0. The Morgan fingerprint density at radius 1 is 1.32 bits per heavy atom. The van der Waals surface area contributed by atoms with E-state index in [9.17, 15) is 26.7 Å². The van der Waals surface area contributed by atoms with Crippen LogP contribution in [0.2, 0.25) is 0 Å². The molecular formula is C13H14F5N3O. The number of carbonyl (C=O) groups excluding carboxylic acids is 1. The van der Waals surface area contributed by atoms with Crippen LogP contribution in [0.15, 0.2) is 0 Å². The zero-order chi connectivity index (χ0) is 16.3. The summed E-state index contributed by atoms with van der Waals surface area (Å²) < 4.78 is 66.3. The Morgan fingerprint density at radius 2 is 1.91 bits per heavy atom. The van der Waals surface area contributed by atoms with Crippen LogP contribution in [0.4, 0.5) is 22.0 Å². The second-order valence-corrected chi connectivity index (χ2v) is 6.06. The number of aromatic nitrogens is 2. The largest absolute Gasteiger partial charge is 0.420 e. The molecule has 0 unspecified atom stereocenters. The van der Waals surface area contributed by atoms with Crippen molar-refractivity contribution in [2.45, 2.75) is 50.2 Å². The Bertz CT molecular complexity index is 610. The summed E-state index contributed by atoms with van der Waals surface area (Å²) in [6.45, 7) is -0.149. The molecule has 0 bridgehead atoms. The van der Waals surface area contributed by atoms with Crippen molar-refractivity contribution in [3.63, 3.8) is 0 Å². The molecule has 4 nitrogen and oxygen atoms in total. The number of halogens is 5. The number of rotatable bonds is 4. The zero-order valence-electron chi connectivity index (χ0n) is 11.5. The van der Waals surface area contributed by atoms with Crippen molar-refractivity contribution in [2.75, 3.05) is 0 Å². The lowest BCUT2D eigenvalue weighted by molar-refractivity contribution is -0.138. The highest BCUT2D eigenvalue weighted by Gasteiger charge is 2.48. The number of hydrogen-bond donors (Lipinski definition) is 1. The van der Waals surface area contributed by atoms with Crippen molar-refractivity contribution in [3.05, 3.63) is 17.0 Å². The Labute approximate surface area is 122 Å². The minimum Gasteiger partial charge on any atom is -0.364 e. The van der Waals surface area contributed by atoms with E-state index >= 15 is 0 Å². The van der Waals surface area contributed by atoms with Crippen molar-refractivity contribution in [1.29, 1.82) is 0 Å². The fraction of sp³-hybridized carbons (Fsp3) is 0.692. The lowest BCUT2D eigenvalue weighted by Gasteiger charge is -2.34. The third-order valence-corrected chi connectivity index (χ3v) is 4.07. The Kier molecular flexibility index (Phi) is 3.23. The topological polar surface area (TPSA) is 60.9 Å². The zero-order valence-corrected chi connectivity index (χ0v) is 11.5. The molecule has 1 heterocycles. The molecule has 0 saturated heterocycles. The van der Waals surface area contributed by atoms with Crippen LogP contribution in [0, 0.1) is 5.92 Å². The maximum Gasteiger partial charge on any atom is 0.420 e. The molecular weight excluding hydrogens is 309 g/mol. The molecule has 2 fully saturated rings. The number of hydrogen-bond acceptors (Lipinski definition) is 2. The molecule has 1 aromatic rings. The van der Waals surface area contributed by atoms with Gasteiger partial charge >= 0.3 is 6.18 Å². The molecule has 1 amide bonds. The van der Waals surface area contributed by atoms with Gasteiger partial charge in [0.25, 0.3) is 5.91 Å². The Hall–Kier alpha value is -1.67. The van der Waals surface area contributed by atoms with Gasteiger partial charge in [0.2, 0.25) is 5.92 Å². The Morgan fingerprint density at radius 3 is 2.32 bits per heavy atom. The molecule has 1 aromatic heterocycles. The molecule has 0 aliphatic heterocycles. The Balaban J connectivity index is 1.97. The van der Waals surface area contributed by atoms with E-state index in [1.165, 1.54) is 0 Å². The van der Waals surface area contributed by atoms with Gasteiger partial charge in [0.15, 0.2) is 0 Å². The first kappa shape index (κ1) is 15.2. The molecule has 2 saturated carbocycles. The third kappa shape index (κ3) is 2.68. The average molecular weight is 323 g/mol. The van der Waals surface area contributed by atoms with E-state index < -0.39 is 48.0 Å². The van der Waals surface area contributed by atoms with Gasteiger partial charge in [-0.15, -0.1) is 0 Å². The van der Waals surface area contributed by atoms with Gasteiger partial charge in [-0.05, 0) is 18.8 Å². The molecule has 122 valence electrons. The van der Waals surface area contributed by atoms with Crippen LogP contribution in [0.25, 0.3) is 0 Å². The first-order valence-corrected chi connectivity index (χ1v) is 6.94. The summed E-state index contributed by atoms with van der Waals surface area (Å²) in [5.41, 5.74) is 3.08. The van der Waals surface area contributed by atoms with Crippen LogP contribution in [-0.2, 0) is 12.7 Å². The molecule has 9 heteroatoms. The summed E-state index contributed by atoms with van der Waals surface area (Å²) in [4.78, 5) is 11.5. The first-order chi connectivity index (χ1) is 10.1. The number of primary amides is 1. The fourth-order valence-corrected chi connectivity index (χ4v) is 2.94. The quantitative estimate of drug-likeness (QED) is 0.866. The molecule has 0 spiro atoms. The highest BCUT2D eigenvalue weighted by atomic mass is 19.4. The molecule has 2 aliphatic carbocycles. The van der Waals surface area contributed by atoms with Crippen LogP contribution in [0.5, 0.6) is 0 Å². The number of nitrogens with zero attached hydrogens (tertiary/aromatic N) is 2. The SMILES string of the molecule is NC(=O)c1c(C(F)(F)F)c(C2CC2)nn1CC1CC(F)(F)C1. The van der Waals surface area contributed by atoms with E-state index in [0.717, 1.165) is 4.68 Å². The van der Waals surface area contributed by atoms with Gasteiger partial charge in [0, 0.05) is 25.3 Å². The first-order valence-electron chi connectivity index (χ1n) is 6.94. The maximum absolute atomic E-state index is 13.2. The van der Waals surface area contributed by atoms with E-state index in [2.05, 4.69) is 5.10 Å². The normalized spacial score (nSPS) is 21.7. The molecule has 0 radical (unpaired) electrons. The molecule has 2 aliphatic rings. The van der Waals surface area contributed by atoms with Crippen molar-refractivity contribution >= 4 is 5.91 Å².